The highest BCUT2D eigenvalue weighted by Gasteiger charge is 2.32. The molecule has 0 saturated carbocycles. The van der Waals surface area contributed by atoms with Gasteiger partial charge in [0.05, 0.1) is 23.2 Å². The average molecular weight is 431 g/mol. The van der Waals surface area contributed by atoms with Gasteiger partial charge in [-0.25, -0.2) is 12.8 Å². The van der Waals surface area contributed by atoms with Crippen molar-refractivity contribution in [3.63, 3.8) is 0 Å². The number of rotatable bonds is 5. The Morgan fingerprint density at radius 2 is 1.87 bits per heavy atom. The minimum atomic E-state index is -3.83. The third kappa shape index (κ3) is 4.67. The summed E-state index contributed by atoms with van der Waals surface area (Å²) in [6.45, 7) is 4.03. The average Bonchev–Trinajstić information content (AvgIpc) is 2.72. The van der Waals surface area contributed by atoms with Crippen LogP contribution in [0.5, 0.6) is 0 Å². The molecule has 30 heavy (non-hydrogen) atoms. The van der Waals surface area contributed by atoms with Gasteiger partial charge in [-0.1, -0.05) is 24.3 Å². The predicted molar refractivity (Wildman–Crippen MR) is 107 cm³/mol. The molecule has 3 rings (SSSR count). The molecule has 1 aliphatic heterocycles. The molecule has 0 aliphatic carbocycles. The van der Waals surface area contributed by atoms with Gasteiger partial charge < -0.3 is 10.1 Å². The number of nitriles is 1. The summed E-state index contributed by atoms with van der Waals surface area (Å²) in [6.07, 6.45) is -0.487. The maximum Gasteiger partial charge on any atom is 0.252 e. The van der Waals surface area contributed by atoms with E-state index >= 15 is 0 Å². The Labute approximate surface area is 175 Å². The molecule has 3 atom stereocenters. The Bertz CT molecular complexity index is 1070. The van der Waals surface area contributed by atoms with E-state index in [0.29, 0.717) is 0 Å². The van der Waals surface area contributed by atoms with Crippen LogP contribution in [0.3, 0.4) is 0 Å². The van der Waals surface area contributed by atoms with Crippen molar-refractivity contribution < 1.29 is 22.3 Å². The van der Waals surface area contributed by atoms with E-state index in [1.54, 1.807) is 19.9 Å². The summed E-state index contributed by atoms with van der Waals surface area (Å²) < 4.78 is 47.0. The van der Waals surface area contributed by atoms with E-state index in [9.17, 15) is 22.9 Å². The van der Waals surface area contributed by atoms with Crippen molar-refractivity contribution in [2.75, 3.05) is 13.1 Å². The molecule has 1 fully saturated rings. The van der Waals surface area contributed by atoms with Crippen LogP contribution in [-0.4, -0.2) is 43.9 Å². The van der Waals surface area contributed by atoms with E-state index in [-0.39, 0.29) is 41.3 Å². The third-order valence-corrected chi connectivity index (χ3v) is 6.57. The van der Waals surface area contributed by atoms with Crippen LogP contribution < -0.4 is 5.32 Å². The monoisotopic (exact) mass is 431 g/mol. The van der Waals surface area contributed by atoms with E-state index in [4.69, 9.17) is 4.74 Å². The van der Waals surface area contributed by atoms with E-state index < -0.39 is 27.8 Å². The first-order valence-corrected chi connectivity index (χ1v) is 10.9. The van der Waals surface area contributed by atoms with Crippen LogP contribution in [0.15, 0.2) is 53.4 Å². The highest BCUT2D eigenvalue weighted by molar-refractivity contribution is 7.89. The van der Waals surface area contributed by atoms with Crippen LogP contribution in [0.4, 0.5) is 4.39 Å². The largest absolute Gasteiger partial charge is 0.373 e. The fourth-order valence-electron chi connectivity index (χ4n) is 3.38. The van der Waals surface area contributed by atoms with Crippen LogP contribution in [0, 0.1) is 17.1 Å². The molecule has 1 heterocycles. The van der Waals surface area contributed by atoms with Gasteiger partial charge in [0.1, 0.15) is 11.9 Å². The second-order valence-corrected chi connectivity index (χ2v) is 9.10. The Balaban J connectivity index is 1.83. The van der Waals surface area contributed by atoms with Crippen molar-refractivity contribution in [1.29, 1.82) is 5.26 Å². The van der Waals surface area contributed by atoms with Gasteiger partial charge in [-0.15, -0.1) is 0 Å². The van der Waals surface area contributed by atoms with E-state index in [0.717, 1.165) is 0 Å². The minimum absolute atomic E-state index is 0.0316. The first-order valence-electron chi connectivity index (χ1n) is 9.43. The quantitative estimate of drug-likeness (QED) is 0.785. The molecule has 9 heteroatoms. The van der Waals surface area contributed by atoms with Crippen LogP contribution in [-0.2, 0) is 14.8 Å². The number of sulfonamides is 1. The molecule has 1 amide bonds. The molecular weight excluding hydrogens is 409 g/mol. The molecule has 0 aromatic heterocycles. The zero-order chi connectivity index (χ0) is 21.9. The first-order chi connectivity index (χ1) is 14.2. The van der Waals surface area contributed by atoms with Crippen molar-refractivity contribution in [2.24, 2.45) is 0 Å². The molecule has 7 nitrogen and oxygen atoms in total. The topological polar surface area (TPSA) is 99.5 Å². The number of halogens is 1. The summed E-state index contributed by atoms with van der Waals surface area (Å²) in [6, 6.07) is 11.9. The normalized spacial score (nSPS) is 20.9. The number of carbonyl (C=O) groups is 1. The summed E-state index contributed by atoms with van der Waals surface area (Å²) in [5.74, 6) is -1.29. The second-order valence-electron chi connectivity index (χ2n) is 7.16. The van der Waals surface area contributed by atoms with Gasteiger partial charge in [-0.2, -0.15) is 9.57 Å². The van der Waals surface area contributed by atoms with Gasteiger partial charge in [-0.05, 0) is 38.1 Å². The fourth-order valence-corrected chi connectivity index (χ4v) is 5.01. The molecule has 2 aromatic carbocycles. The Hall–Kier alpha value is -2.80. The fraction of sp³-hybridized carbons (Fsp3) is 0.333. The Morgan fingerprint density at radius 1 is 1.20 bits per heavy atom. The van der Waals surface area contributed by atoms with Crippen molar-refractivity contribution in [3.05, 3.63) is 65.5 Å². The molecule has 0 bridgehead atoms. The van der Waals surface area contributed by atoms with E-state index in [2.05, 4.69) is 5.32 Å². The number of nitrogens with one attached hydrogen (secondary N) is 1. The maximum atomic E-state index is 14.0. The lowest BCUT2D eigenvalue weighted by molar-refractivity contribution is -0.0440. The standard InChI is InChI=1S/C21H22FN3O4S/c1-14-12-25(13-15(2)29-14)30(27,28)17-7-5-6-16(10-17)21(26)24-20(11-23)18-8-3-4-9-19(18)22/h3-10,14-15,20H,12-13H2,1-2H3,(H,24,26). The van der Waals surface area contributed by atoms with Gasteiger partial charge in [-0.3, -0.25) is 4.79 Å². The van der Waals surface area contributed by atoms with Crippen molar-refractivity contribution in [2.45, 2.75) is 37.0 Å². The Kier molecular flexibility index (Phi) is 6.51. The summed E-state index contributed by atoms with van der Waals surface area (Å²) in [5, 5.41) is 11.8. The zero-order valence-electron chi connectivity index (χ0n) is 16.6. The van der Waals surface area contributed by atoms with Crippen LogP contribution in [0.2, 0.25) is 0 Å². The summed E-state index contributed by atoms with van der Waals surface area (Å²) in [7, 11) is -3.83. The lowest BCUT2D eigenvalue weighted by Crippen LogP contribution is -2.48. The number of hydrogen-bond acceptors (Lipinski definition) is 5. The molecular formula is C21H22FN3O4S. The third-order valence-electron chi connectivity index (χ3n) is 4.74. The highest BCUT2D eigenvalue weighted by atomic mass is 32.2. The number of hydrogen-bond donors (Lipinski definition) is 1. The first kappa shape index (κ1) is 21.9. The van der Waals surface area contributed by atoms with E-state index in [1.165, 1.54) is 46.8 Å². The predicted octanol–water partition coefficient (Wildman–Crippen LogP) is 2.62. The van der Waals surface area contributed by atoms with E-state index in [1.807, 2.05) is 6.07 Å². The molecule has 0 spiro atoms. The molecule has 2 aromatic rings. The summed E-state index contributed by atoms with van der Waals surface area (Å²) in [4.78, 5) is 12.6. The molecule has 1 aliphatic rings. The van der Waals surface area contributed by atoms with Gasteiger partial charge in [0, 0.05) is 24.2 Å². The number of amides is 1. The molecule has 1 N–H and O–H groups in total. The van der Waals surface area contributed by atoms with Crippen molar-refractivity contribution in [1.82, 2.24) is 9.62 Å². The Morgan fingerprint density at radius 3 is 2.50 bits per heavy atom. The number of benzene rings is 2. The zero-order valence-corrected chi connectivity index (χ0v) is 17.4. The molecule has 3 unspecified atom stereocenters. The molecule has 158 valence electrons. The summed E-state index contributed by atoms with van der Waals surface area (Å²) in [5.41, 5.74) is 0.0930. The highest BCUT2D eigenvalue weighted by Crippen LogP contribution is 2.23. The number of carbonyl (C=O) groups excluding carboxylic acids is 1. The lowest BCUT2D eigenvalue weighted by Gasteiger charge is -2.34. The second kappa shape index (κ2) is 8.92. The van der Waals surface area contributed by atoms with Gasteiger partial charge in [0.25, 0.3) is 5.91 Å². The van der Waals surface area contributed by atoms with Gasteiger partial charge >= 0.3 is 0 Å². The minimum Gasteiger partial charge on any atom is -0.373 e. The van der Waals surface area contributed by atoms with Crippen LogP contribution in [0.1, 0.15) is 35.8 Å². The smallest absolute Gasteiger partial charge is 0.252 e. The van der Waals surface area contributed by atoms with Crippen molar-refractivity contribution >= 4 is 15.9 Å². The lowest BCUT2D eigenvalue weighted by atomic mass is 10.1. The number of morpholine rings is 1. The van der Waals surface area contributed by atoms with Gasteiger partial charge in [0.2, 0.25) is 10.0 Å². The maximum absolute atomic E-state index is 14.0. The SMILES string of the molecule is CC1CN(S(=O)(=O)c2cccc(C(=O)NC(C#N)c3ccccc3F)c2)CC(C)O1. The van der Waals surface area contributed by atoms with Gasteiger partial charge in [0.15, 0.2) is 0 Å². The summed E-state index contributed by atoms with van der Waals surface area (Å²) >= 11 is 0. The van der Waals surface area contributed by atoms with Crippen molar-refractivity contribution in [3.8, 4) is 6.07 Å². The molecule has 0 radical (unpaired) electrons. The van der Waals surface area contributed by atoms with Crippen LogP contribution >= 0.6 is 0 Å². The van der Waals surface area contributed by atoms with Crippen LogP contribution in [0.25, 0.3) is 0 Å². The number of ether oxygens (including phenoxy) is 1. The molecule has 1 saturated heterocycles. The number of nitrogens with zero attached hydrogens (tertiary/aromatic N) is 2.